The smallest absolute Gasteiger partial charge is 0.225 e. The fourth-order valence-corrected chi connectivity index (χ4v) is 1.41. The van der Waals surface area contributed by atoms with Gasteiger partial charge in [0.15, 0.2) is 0 Å². The van der Waals surface area contributed by atoms with Gasteiger partial charge in [0, 0.05) is 13.5 Å². The fourth-order valence-electron chi connectivity index (χ4n) is 1.41. The number of benzene rings is 1. The van der Waals surface area contributed by atoms with Crippen molar-refractivity contribution < 1.29 is 14.0 Å². The van der Waals surface area contributed by atoms with Crippen LogP contribution in [0.15, 0.2) is 53.1 Å². The lowest BCUT2D eigenvalue weighted by atomic mass is 10.2. The third kappa shape index (κ3) is 7.00. The van der Waals surface area contributed by atoms with Crippen LogP contribution in [0.4, 0.5) is 0 Å². The number of carbonyl (C=O) groups is 2. The Bertz CT molecular complexity index is 521. The highest BCUT2D eigenvalue weighted by atomic mass is 16.3. The zero-order chi connectivity index (χ0) is 14.8. The van der Waals surface area contributed by atoms with Crippen molar-refractivity contribution in [2.45, 2.75) is 19.9 Å². The van der Waals surface area contributed by atoms with Crippen LogP contribution in [0.1, 0.15) is 18.2 Å². The van der Waals surface area contributed by atoms with Gasteiger partial charge < -0.3 is 15.5 Å². The van der Waals surface area contributed by atoms with Crippen LogP contribution in [-0.4, -0.2) is 11.8 Å². The van der Waals surface area contributed by atoms with E-state index in [0.717, 1.165) is 5.56 Å². The van der Waals surface area contributed by atoms with E-state index in [2.05, 4.69) is 5.32 Å². The molecule has 0 saturated heterocycles. The first-order valence-electron chi connectivity index (χ1n) is 6.17. The quantitative estimate of drug-likeness (QED) is 0.888. The molecule has 0 radical (unpaired) electrons. The van der Waals surface area contributed by atoms with Crippen LogP contribution in [-0.2, 0) is 22.6 Å². The van der Waals surface area contributed by atoms with Crippen molar-refractivity contribution in [3.05, 3.63) is 60.1 Å². The van der Waals surface area contributed by atoms with Gasteiger partial charge in [-0.05, 0) is 17.7 Å². The number of primary amides is 1. The number of hydrogen-bond donors (Lipinski definition) is 2. The van der Waals surface area contributed by atoms with Gasteiger partial charge in [-0.1, -0.05) is 30.3 Å². The first-order chi connectivity index (χ1) is 9.58. The molecule has 5 heteroatoms. The van der Waals surface area contributed by atoms with E-state index in [1.807, 2.05) is 30.3 Å². The largest absolute Gasteiger partial charge is 0.469 e. The van der Waals surface area contributed by atoms with Crippen LogP contribution in [0.25, 0.3) is 0 Å². The zero-order valence-corrected chi connectivity index (χ0v) is 11.3. The number of carbonyl (C=O) groups excluding carboxylic acids is 2. The fraction of sp³-hybridized carbons (Fsp3) is 0.200. The monoisotopic (exact) mass is 274 g/mol. The summed E-state index contributed by atoms with van der Waals surface area (Å²) >= 11 is 0. The van der Waals surface area contributed by atoms with Crippen LogP contribution < -0.4 is 11.1 Å². The summed E-state index contributed by atoms with van der Waals surface area (Å²) < 4.78 is 4.84. The van der Waals surface area contributed by atoms with Gasteiger partial charge in [0.2, 0.25) is 11.8 Å². The van der Waals surface area contributed by atoms with Crippen molar-refractivity contribution in [1.82, 2.24) is 5.32 Å². The van der Waals surface area contributed by atoms with Gasteiger partial charge in [-0.3, -0.25) is 9.59 Å². The van der Waals surface area contributed by atoms with Crippen LogP contribution in [0.5, 0.6) is 0 Å². The van der Waals surface area contributed by atoms with E-state index in [9.17, 15) is 9.59 Å². The minimum atomic E-state index is -0.370. The van der Waals surface area contributed by atoms with E-state index in [-0.39, 0.29) is 18.2 Å². The van der Waals surface area contributed by atoms with Crippen LogP contribution >= 0.6 is 0 Å². The topological polar surface area (TPSA) is 85.3 Å². The summed E-state index contributed by atoms with van der Waals surface area (Å²) in [6.07, 6.45) is 1.70. The second-order valence-electron chi connectivity index (χ2n) is 4.12. The van der Waals surface area contributed by atoms with E-state index in [1.54, 1.807) is 12.1 Å². The van der Waals surface area contributed by atoms with E-state index in [1.165, 1.54) is 13.2 Å². The Hall–Kier alpha value is -2.56. The Labute approximate surface area is 117 Å². The first kappa shape index (κ1) is 15.5. The van der Waals surface area contributed by atoms with Crippen molar-refractivity contribution >= 4 is 11.8 Å². The molecule has 1 aromatic carbocycles. The molecule has 0 bridgehead atoms. The molecule has 20 heavy (non-hydrogen) atoms. The predicted molar refractivity (Wildman–Crippen MR) is 75.6 cm³/mol. The lowest BCUT2D eigenvalue weighted by Crippen LogP contribution is -2.18. The van der Waals surface area contributed by atoms with Crippen molar-refractivity contribution in [3.8, 4) is 0 Å². The van der Waals surface area contributed by atoms with E-state index < -0.39 is 0 Å². The third-order valence-electron chi connectivity index (χ3n) is 2.31. The molecule has 5 nitrogen and oxygen atoms in total. The van der Waals surface area contributed by atoms with Gasteiger partial charge in [-0.25, -0.2) is 0 Å². The second-order valence-corrected chi connectivity index (χ2v) is 4.12. The molecule has 1 heterocycles. The molecule has 0 atom stereocenters. The maximum atomic E-state index is 10.5. The number of hydrogen-bond acceptors (Lipinski definition) is 3. The summed E-state index contributed by atoms with van der Waals surface area (Å²) in [7, 11) is 0. The number of rotatable bonds is 4. The highest BCUT2D eigenvalue weighted by molar-refractivity contribution is 5.75. The molecule has 106 valence electrons. The van der Waals surface area contributed by atoms with Crippen molar-refractivity contribution in [2.75, 3.05) is 0 Å². The van der Waals surface area contributed by atoms with Crippen molar-refractivity contribution in [2.24, 2.45) is 5.73 Å². The molecule has 0 fully saturated rings. The van der Waals surface area contributed by atoms with E-state index in [0.29, 0.717) is 12.3 Å². The molecular formula is C15H18N2O3. The van der Waals surface area contributed by atoms with Crippen LogP contribution in [0.3, 0.4) is 0 Å². The maximum Gasteiger partial charge on any atom is 0.225 e. The van der Waals surface area contributed by atoms with Gasteiger partial charge in [-0.15, -0.1) is 0 Å². The van der Waals surface area contributed by atoms with Crippen LogP contribution in [0.2, 0.25) is 0 Å². The Kier molecular flexibility index (Phi) is 6.61. The molecular weight excluding hydrogens is 256 g/mol. The molecule has 0 aliphatic rings. The van der Waals surface area contributed by atoms with Gasteiger partial charge in [0.05, 0.1) is 12.7 Å². The third-order valence-corrected chi connectivity index (χ3v) is 2.31. The molecule has 0 spiro atoms. The number of furan rings is 1. The number of nitrogens with two attached hydrogens (primary N) is 1. The van der Waals surface area contributed by atoms with E-state index in [4.69, 9.17) is 10.2 Å². The average Bonchev–Trinajstić information content (AvgIpc) is 2.90. The van der Waals surface area contributed by atoms with E-state index >= 15 is 0 Å². The van der Waals surface area contributed by atoms with Crippen LogP contribution in [0, 0.1) is 0 Å². The minimum absolute atomic E-state index is 0.00820. The molecule has 1 aromatic heterocycles. The zero-order valence-electron chi connectivity index (χ0n) is 11.3. The Morgan fingerprint density at radius 3 is 2.35 bits per heavy atom. The molecule has 2 rings (SSSR count). The summed E-state index contributed by atoms with van der Waals surface area (Å²) in [6.45, 7) is 2.14. The van der Waals surface area contributed by atoms with Gasteiger partial charge >= 0.3 is 0 Å². The number of amides is 2. The van der Waals surface area contributed by atoms with Gasteiger partial charge in [0.25, 0.3) is 0 Å². The minimum Gasteiger partial charge on any atom is -0.469 e. The Balaban J connectivity index is 0.000000204. The number of nitrogens with one attached hydrogen (secondary N) is 1. The molecule has 3 N–H and O–H groups in total. The summed E-state index contributed by atoms with van der Waals surface area (Å²) in [5, 5.41) is 2.72. The summed E-state index contributed by atoms with van der Waals surface area (Å²) in [5.74, 6) is 0.251. The SMILES string of the molecule is CC(=O)NCc1ccccc1.NC(=O)Cc1ccco1. The molecule has 2 aromatic rings. The highest BCUT2D eigenvalue weighted by Crippen LogP contribution is 1.99. The molecule has 0 saturated carbocycles. The summed E-state index contributed by atoms with van der Waals surface area (Å²) in [6, 6.07) is 13.3. The molecule has 0 aliphatic heterocycles. The van der Waals surface area contributed by atoms with Gasteiger partial charge in [-0.2, -0.15) is 0 Å². The standard InChI is InChI=1S/C9H11NO.C6H7NO2/c1-8(11)10-7-9-5-3-2-4-6-9;7-6(8)4-5-2-1-3-9-5/h2-6H,7H2,1H3,(H,10,11);1-3H,4H2,(H2,7,8). The van der Waals surface area contributed by atoms with Crippen molar-refractivity contribution in [1.29, 1.82) is 0 Å². The molecule has 0 unspecified atom stereocenters. The summed E-state index contributed by atoms with van der Waals surface area (Å²) in [4.78, 5) is 20.7. The average molecular weight is 274 g/mol. The highest BCUT2D eigenvalue weighted by Gasteiger charge is 1.98. The maximum absolute atomic E-state index is 10.5. The Morgan fingerprint density at radius 1 is 1.15 bits per heavy atom. The lowest BCUT2D eigenvalue weighted by Gasteiger charge is -2.00. The molecule has 2 amide bonds. The molecule has 0 aliphatic carbocycles. The van der Waals surface area contributed by atoms with Crippen molar-refractivity contribution in [3.63, 3.8) is 0 Å². The lowest BCUT2D eigenvalue weighted by molar-refractivity contribution is -0.119. The van der Waals surface area contributed by atoms with Gasteiger partial charge in [0.1, 0.15) is 5.76 Å². The Morgan fingerprint density at radius 2 is 1.85 bits per heavy atom. The first-order valence-corrected chi connectivity index (χ1v) is 6.17. The summed E-state index contributed by atoms with van der Waals surface area (Å²) in [5.41, 5.74) is 6.01. The normalized spacial score (nSPS) is 9.25. The predicted octanol–water partition coefficient (Wildman–Crippen LogP) is 1.63. The second kappa shape index (κ2) is 8.53.